The number of aliphatic carboxylic acids is 1. The molecule has 1 aromatic carbocycles. The molecule has 0 aromatic heterocycles. The summed E-state index contributed by atoms with van der Waals surface area (Å²) in [6, 6.07) is 0.176. The van der Waals surface area contributed by atoms with Crippen molar-refractivity contribution in [2.24, 2.45) is 17.2 Å². The molecule has 0 heterocycles. The average Bonchev–Trinajstić information content (AvgIpc) is 2.80. The fourth-order valence-corrected chi connectivity index (χ4v) is 3.58. The van der Waals surface area contributed by atoms with Gasteiger partial charge in [-0.05, 0) is 36.1 Å². The van der Waals surface area contributed by atoms with E-state index < -0.39 is 72.5 Å². The molecule has 4 atom stereocenters. The van der Waals surface area contributed by atoms with Gasteiger partial charge in [0.25, 0.3) is 0 Å². The molecule has 14 nitrogen and oxygen atoms in total. The molecule has 0 spiro atoms. The van der Waals surface area contributed by atoms with Crippen molar-refractivity contribution in [3.8, 4) is 5.75 Å². The van der Waals surface area contributed by atoms with E-state index in [2.05, 4.69) is 16.0 Å². The first kappa shape index (κ1) is 31.2. The number of nitrogens with one attached hydrogen (secondary N) is 3. The van der Waals surface area contributed by atoms with Crippen LogP contribution in [0.3, 0.4) is 0 Å². The number of carbonyl (C=O) groups is 6. The molecule has 5 amide bonds. The summed E-state index contributed by atoms with van der Waals surface area (Å²) >= 11 is 1.37. The predicted octanol–water partition coefficient (Wildman–Crippen LogP) is -2.70. The van der Waals surface area contributed by atoms with E-state index in [1.54, 1.807) is 6.26 Å². The molecule has 0 aliphatic carbocycles. The molecule has 0 saturated heterocycles. The summed E-state index contributed by atoms with van der Waals surface area (Å²) in [7, 11) is 0. The van der Waals surface area contributed by atoms with E-state index in [1.165, 1.54) is 36.0 Å². The van der Waals surface area contributed by atoms with Gasteiger partial charge in [0.05, 0.1) is 18.9 Å². The number of hydrogen-bond donors (Lipinski definition) is 8. The van der Waals surface area contributed by atoms with Crippen molar-refractivity contribution in [3.05, 3.63) is 29.8 Å². The number of benzene rings is 1. The number of amides is 5. The lowest BCUT2D eigenvalue weighted by Gasteiger charge is -2.25. The lowest BCUT2D eigenvalue weighted by Crippen LogP contribution is -2.58. The van der Waals surface area contributed by atoms with Crippen LogP contribution in [-0.2, 0) is 35.2 Å². The molecule has 37 heavy (non-hydrogen) atoms. The first-order valence-electron chi connectivity index (χ1n) is 11.1. The second-order valence-corrected chi connectivity index (χ2v) is 9.11. The minimum Gasteiger partial charge on any atom is -0.508 e. The lowest BCUT2D eigenvalue weighted by molar-refractivity contribution is -0.142. The maximum absolute atomic E-state index is 13.1. The van der Waals surface area contributed by atoms with E-state index >= 15 is 0 Å². The number of thioether (sulfide) groups is 1. The zero-order valence-electron chi connectivity index (χ0n) is 20.1. The number of nitrogens with two attached hydrogens (primary N) is 3. The van der Waals surface area contributed by atoms with Gasteiger partial charge in [-0.3, -0.25) is 24.0 Å². The van der Waals surface area contributed by atoms with Gasteiger partial charge in [0.1, 0.15) is 23.9 Å². The Morgan fingerprint density at radius 2 is 1.35 bits per heavy atom. The van der Waals surface area contributed by atoms with E-state index in [0.29, 0.717) is 11.3 Å². The Morgan fingerprint density at radius 3 is 1.86 bits per heavy atom. The molecule has 4 unspecified atom stereocenters. The first-order valence-corrected chi connectivity index (χ1v) is 12.5. The Labute approximate surface area is 217 Å². The van der Waals surface area contributed by atoms with Crippen LogP contribution in [-0.4, -0.2) is 81.9 Å². The number of hydrogen-bond acceptors (Lipinski definition) is 9. The van der Waals surface area contributed by atoms with Crippen LogP contribution in [0.4, 0.5) is 0 Å². The molecule has 0 radical (unpaired) electrons. The molecule has 11 N–H and O–H groups in total. The highest BCUT2D eigenvalue weighted by atomic mass is 32.2. The third kappa shape index (κ3) is 11.6. The highest BCUT2D eigenvalue weighted by molar-refractivity contribution is 7.98. The number of phenols is 1. The van der Waals surface area contributed by atoms with Gasteiger partial charge in [0.2, 0.25) is 29.5 Å². The molecule has 204 valence electrons. The van der Waals surface area contributed by atoms with Gasteiger partial charge in [-0.15, -0.1) is 0 Å². The Hall–Kier alpha value is -3.85. The molecule has 1 aromatic rings. The van der Waals surface area contributed by atoms with Crippen molar-refractivity contribution in [2.75, 3.05) is 12.0 Å². The summed E-state index contributed by atoms with van der Waals surface area (Å²) < 4.78 is 0. The van der Waals surface area contributed by atoms with Gasteiger partial charge in [0.15, 0.2) is 0 Å². The van der Waals surface area contributed by atoms with Crippen molar-refractivity contribution < 1.29 is 39.0 Å². The van der Waals surface area contributed by atoms with Crippen LogP contribution in [0.15, 0.2) is 24.3 Å². The molecule has 1 rings (SSSR count). The average molecular weight is 541 g/mol. The topological polar surface area (TPSA) is 257 Å². The molecule has 0 fully saturated rings. The number of aromatic hydroxyl groups is 1. The van der Waals surface area contributed by atoms with Crippen molar-refractivity contribution in [2.45, 2.75) is 49.9 Å². The normalized spacial score (nSPS) is 13.9. The zero-order chi connectivity index (χ0) is 28.1. The summed E-state index contributed by atoms with van der Waals surface area (Å²) in [5.41, 5.74) is 16.4. The SMILES string of the molecule is CSCCC(NC(=O)C(CC(N)=O)NC(=O)C(Cc1ccc(O)cc1)NC(=O)C(N)CC(N)=O)C(=O)O. The van der Waals surface area contributed by atoms with Gasteiger partial charge in [-0.1, -0.05) is 12.1 Å². The van der Waals surface area contributed by atoms with Gasteiger partial charge in [-0.25, -0.2) is 4.79 Å². The summed E-state index contributed by atoms with van der Waals surface area (Å²) in [6.45, 7) is 0. The van der Waals surface area contributed by atoms with Gasteiger partial charge in [-0.2, -0.15) is 11.8 Å². The molecule has 0 bridgehead atoms. The van der Waals surface area contributed by atoms with Crippen LogP contribution in [0, 0.1) is 0 Å². The second kappa shape index (κ2) is 15.3. The van der Waals surface area contributed by atoms with Crippen molar-refractivity contribution >= 4 is 47.3 Å². The highest BCUT2D eigenvalue weighted by Crippen LogP contribution is 2.12. The fourth-order valence-electron chi connectivity index (χ4n) is 3.11. The third-order valence-corrected chi connectivity index (χ3v) is 5.67. The van der Waals surface area contributed by atoms with Crippen LogP contribution >= 0.6 is 11.8 Å². The monoisotopic (exact) mass is 540 g/mol. The van der Waals surface area contributed by atoms with E-state index in [-0.39, 0.29) is 18.6 Å². The quantitative estimate of drug-likeness (QED) is 0.108. The van der Waals surface area contributed by atoms with E-state index in [9.17, 15) is 39.0 Å². The van der Waals surface area contributed by atoms with E-state index in [1.807, 2.05) is 0 Å². The van der Waals surface area contributed by atoms with Crippen LogP contribution < -0.4 is 33.2 Å². The Bertz CT molecular complexity index is 990. The summed E-state index contributed by atoms with van der Waals surface area (Å²) in [5, 5.41) is 25.8. The third-order valence-electron chi connectivity index (χ3n) is 5.03. The Kier molecular flexibility index (Phi) is 12.9. The van der Waals surface area contributed by atoms with Crippen LogP contribution in [0.5, 0.6) is 5.75 Å². The number of carbonyl (C=O) groups excluding carboxylic acids is 5. The number of carboxylic acid groups (broad SMARTS) is 1. The van der Waals surface area contributed by atoms with Gasteiger partial charge < -0.3 is 43.4 Å². The van der Waals surface area contributed by atoms with Crippen molar-refractivity contribution in [3.63, 3.8) is 0 Å². The van der Waals surface area contributed by atoms with Crippen molar-refractivity contribution in [1.82, 2.24) is 16.0 Å². The zero-order valence-corrected chi connectivity index (χ0v) is 21.0. The summed E-state index contributed by atoms with van der Waals surface area (Å²) in [5.74, 6) is -5.44. The minimum atomic E-state index is -1.54. The van der Waals surface area contributed by atoms with Crippen molar-refractivity contribution in [1.29, 1.82) is 0 Å². The smallest absolute Gasteiger partial charge is 0.326 e. The highest BCUT2D eigenvalue weighted by Gasteiger charge is 2.31. The number of phenolic OH excluding ortho intramolecular Hbond substituents is 1. The van der Waals surface area contributed by atoms with Crippen LogP contribution in [0.25, 0.3) is 0 Å². The van der Waals surface area contributed by atoms with Gasteiger partial charge >= 0.3 is 5.97 Å². The standard InChI is InChI=1S/C22H32N6O8S/c1-37-7-6-14(22(35)36)26-21(34)16(10-18(25)31)28-20(33)15(8-11-2-4-12(29)5-3-11)27-19(32)13(23)9-17(24)30/h2-5,13-16,29H,6-10,23H2,1H3,(H2,24,30)(H2,25,31)(H,26,34)(H,27,32)(H,28,33)(H,35,36). The molecular weight excluding hydrogens is 508 g/mol. The number of carboxylic acids is 1. The van der Waals surface area contributed by atoms with Crippen LogP contribution in [0.2, 0.25) is 0 Å². The number of primary amides is 2. The van der Waals surface area contributed by atoms with E-state index in [4.69, 9.17) is 17.2 Å². The van der Waals surface area contributed by atoms with Crippen LogP contribution in [0.1, 0.15) is 24.8 Å². The fraction of sp³-hybridized carbons (Fsp3) is 0.455. The predicted molar refractivity (Wildman–Crippen MR) is 134 cm³/mol. The van der Waals surface area contributed by atoms with E-state index in [0.717, 1.165) is 0 Å². The summed E-state index contributed by atoms with van der Waals surface area (Å²) in [6.07, 6.45) is 0.592. The molecule has 0 aliphatic rings. The number of rotatable bonds is 16. The molecular formula is C22H32N6O8S. The second-order valence-electron chi connectivity index (χ2n) is 8.12. The largest absolute Gasteiger partial charge is 0.508 e. The lowest BCUT2D eigenvalue weighted by atomic mass is 10.0. The molecule has 15 heteroatoms. The minimum absolute atomic E-state index is 0.0371. The molecule has 0 saturated carbocycles. The molecule has 0 aliphatic heterocycles. The Morgan fingerprint density at radius 1 is 0.838 bits per heavy atom. The summed E-state index contributed by atoms with van der Waals surface area (Å²) in [4.78, 5) is 72.5. The Balaban J connectivity index is 3.13. The maximum Gasteiger partial charge on any atom is 0.326 e. The maximum atomic E-state index is 13.1. The first-order chi connectivity index (χ1) is 17.3. The van der Waals surface area contributed by atoms with Gasteiger partial charge in [0, 0.05) is 6.42 Å².